The molecule has 50 heavy (non-hydrogen) atoms. The van der Waals surface area contributed by atoms with Gasteiger partial charge in [-0.3, -0.25) is 0 Å². The van der Waals surface area contributed by atoms with E-state index in [9.17, 15) is 10.5 Å². The van der Waals surface area contributed by atoms with Gasteiger partial charge in [0.25, 0.3) is 0 Å². The summed E-state index contributed by atoms with van der Waals surface area (Å²) in [7, 11) is 0. The molecule has 230 valence electrons. The minimum atomic E-state index is 0.561. The van der Waals surface area contributed by atoms with Crippen molar-refractivity contribution >= 4 is 49.3 Å². The second kappa shape index (κ2) is 11.4. The maximum absolute atomic E-state index is 10.6. The molecule has 0 radical (unpaired) electrons. The third-order valence-electron chi connectivity index (χ3n) is 9.62. The summed E-state index contributed by atoms with van der Waals surface area (Å²) in [6.07, 6.45) is 0. The van der Waals surface area contributed by atoms with E-state index in [1.807, 2.05) is 97.1 Å². The minimum absolute atomic E-state index is 0.561. The van der Waals surface area contributed by atoms with Crippen LogP contribution in [-0.2, 0) is 0 Å². The zero-order valence-electron chi connectivity index (χ0n) is 26.7. The summed E-state index contributed by atoms with van der Waals surface area (Å²) in [4.78, 5) is 3.74. The average molecular weight is 636 g/mol. The van der Waals surface area contributed by atoms with Crippen molar-refractivity contribution in [2.24, 2.45) is 0 Å². The van der Waals surface area contributed by atoms with E-state index in [0.717, 1.165) is 77.2 Å². The predicted molar refractivity (Wildman–Crippen MR) is 202 cm³/mol. The van der Waals surface area contributed by atoms with Crippen LogP contribution in [-0.4, -0.2) is 9.13 Å². The maximum atomic E-state index is 10.6. The number of aromatic nitrogens is 2. The molecule has 0 aliphatic rings. The molecule has 0 saturated carbocycles. The lowest BCUT2D eigenvalue weighted by Gasteiger charge is -2.18. The van der Waals surface area contributed by atoms with Crippen molar-refractivity contribution in [2.75, 3.05) is 0 Å². The van der Waals surface area contributed by atoms with Crippen LogP contribution in [0.25, 0.3) is 82.1 Å². The molecule has 2 aromatic heterocycles. The number of benzene rings is 7. The lowest BCUT2D eigenvalue weighted by molar-refractivity contribution is 1.18. The average Bonchev–Trinajstić information content (AvgIpc) is 3.69. The summed E-state index contributed by atoms with van der Waals surface area (Å²) in [5.41, 5.74) is 11.5. The lowest BCUT2D eigenvalue weighted by Crippen LogP contribution is -1.99. The van der Waals surface area contributed by atoms with Gasteiger partial charge in [0.2, 0.25) is 0 Å². The van der Waals surface area contributed by atoms with Crippen molar-refractivity contribution in [1.29, 1.82) is 10.5 Å². The first-order chi connectivity index (χ1) is 24.7. The SMILES string of the molecule is [C-]#[N+]c1ccc2c3ccccc3n(-c3ccccc3-c3ccccc3-c3ccc(-n4c5ccccc5c5cc(C#N)ccc54)cc3C#N)c2c1. The molecule has 5 nitrogen and oxygen atoms in total. The monoisotopic (exact) mass is 635 g/mol. The number of hydrogen-bond donors (Lipinski definition) is 0. The Bertz CT molecular complexity index is 2970. The van der Waals surface area contributed by atoms with Gasteiger partial charge in [-0.1, -0.05) is 97.1 Å². The summed E-state index contributed by atoms with van der Waals surface area (Å²) in [5.74, 6) is 0. The fraction of sp³-hybridized carbons (Fsp3) is 0. The Morgan fingerprint density at radius 3 is 1.82 bits per heavy atom. The van der Waals surface area contributed by atoms with Crippen molar-refractivity contribution < 1.29 is 0 Å². The van der Waals surface area contributed by atoms with Gasteiger partial charge in [-0.25, -0.2) is 4.85 Å². The molecule has 0 fully saturated rings. The van der Waals surface area contributed by atoms with E-state index in [1.165, 1.54) is 0 Å². The molecule has 9 rings (SSSR count). The molecule has 0 bridgehead atoms. The zero-order valence-corrected chi connectivity index (χ0v) is 26.7. The molecular weight excluding hydrogens is 611 g/mol. The first-order valence-corrected chi connectivity index (χ1v) is 16.3. The minimum Gasteiger partial charge on any atom is -0.310 e. The van der Waals surface area contributed by atoms with Crippen molar-refractivity contribution in [3.63, 3.8) is 0 Å². The highest BCUT2D eigenvalue weighted by atomic mass is 15.0. The van der Waals surface area contributed by atoms with Gasteiger partial charge in [0, 0.05) is 43.9 Å². The van der Waals surface area contributed by atoms with Gasteiger partial charge in [0.05, 0.1) is 52.1 Å². The van der Waals surface area contributed by atoms with Crippen LogP contribution in [0.4, 0.5) is 5.69 Å². The van der Waals surface area contributed by atoms with Crippen LogP contribution in [0.3, 0.4) is 0 Å². The van der Waals surface area contributed by atoms with E-state index in [2.05, 4.69) is 80.7 Å². The molecule has 0 N–H and O–H groups in total. The van der Waals surface area contributed by atoms with Crippen LogP contribution in [0.15, 0.2) is 152 Å². The fourth-order valence-electron chi connectivity index (χ4n) is 7.46. The Morgan fingerprint density at radius 2 is 1.08 bits per heavy atom. The van der Waals surface area contributed by atoms with Crippen LogP contribution in [0.2, 0.25) is 0 Å². The highest BCUT2D eigenvalue weighted by molar-refractivity contribution is 6.11. The van der Waals surface area contributed by atoms with Gasteiger partial charge in [0.15, 0.2) is 5.69 Å². The molecular formula is C45H25N5. The van der Waals surface area contributed by atoms with E-state index in [-0.39, 0.29) is 0 Å². The predicted octanol–water partition coefficient (Wildman–Crippen LogP) is 11.5. The largest absolute Gasteiger partial charge is 0.310 e. The van der Waals surface area contributed by atoms with Gasteiger partial charge in [-0.2, -0.15) is 10.5 Å². The molecule has 0 atom stereocenters. The molecule has 9 aromatic rings. The number of hydrogen-bond acceptors (Lipinski definition) is 2. The maximum Gasteiger partial charge on any atom is 0.189 e. The van der Waals surface area contributed by atoms with Gasteiger partial charge in [0.1, 0.15) is 0 Å². The molecule has 0 saturated heterocycles. The Hall–Kier alpha value is -7.39. The van der Waals surface area contributed by atoms with Gasteiger partial charge >= 0.3 is 0 Å². The Balaban J connectivity index is 1.25. The Kier molecular flexibility index (Phi) is 6.56. The quantitative estimate of drug-likeness (QED) is 0.181. The second-order valence-corrected chi connectivity index (χ2v) is 12.3. The molecule has 0 aliphatic heterocycles. The number of fused-ring (bicyclic) bond motifs is 6. The normalized spacial score (nSPS) is 11.1. The number of nitrogens with zero attached hydrogens (tertiary/aromatic N) is 5. The van der Waals surface area contributed by atoms with E-state index >= 15 is 0 Å². The molecule has 7 aromatic carbocycles. The number of nitriles is 2. The van der Waals surface area contributed by atoms with Crippen molar-refractivity contribution in [1.82, 2.24) is 9.13 Å². The Morgan fingerprint density at radius 1 is 0.460 bits per heavy atom. The lowest BCUT2D eigenvalue weighted by atomic mass is 9.91. The van der Waals surface area contributed by atoms with Crippen molar-refractivity contribution in [2.45, 2.75) is 0 Å². The van der Waals surface area contributed by atoms with Crippen LogP contribution in [0.1, 0.15) is 11.1 Å². The molecule has 0 spiro atoms. The van der Waals surface area contributed by atoms with Crippen LogP contribution in [0, 0.1) is 29.2 Å². The van der Waals surface area contributed by atoms with E-state index in [1.54, 1.807) is 0 Å². The highest BCUT2D eigenvalue weighted by Gasteiger charge is 2.20. The standard InChI is InChI=1S/C45H25N5/c1-48-31-19-21-39-37-13-5-9-17-43(37)50(45(39)26-31)42-16-8-4-12-36(42)35-11-3-2-10-34(35)33-22-20-32(25-30(33)28-47)49-41-15-7-6-14-38(41)40-24-29(27-46)18-23-44(40)49/h2-26H. The van der Waals surface area contributed by atoms with Gasteiger partial charge < -0.3 is 9.13 Å². The highest BCUT2D eigenvalue weighted by Crippen LogP contribution is 2.42. The number of rotatable bonds is 4. The molecule has 2 heterocycles. The van der Waals surface area contributed by atoms with Crippen LogP contribution < -0.4 is 0 Å². The first-order valence-electron chi connectivity index (χ1n) is 16.3. The van der Waals surface area contributed by atoms with Crippen molar-refractivity contribution in [3.8, 4) is 45.8 Å². The summed E-state index contributed by atoms with van der Waals surface area (Å²) >= 11 is 0. The van der Waals surface area contributed by atoms with Gasteiger partial charge in [-0.15, -0.1) is 0 Å². The molecule has 0 unspecified atom stereocenters. The summed E-state index contributed by atoms with van der Waals surface area (Å²) in [5, 5.41) is 24.5. The van der Waals surface area contributed by atoms with Crippen molar-refractivity contribution in [3.05, 3.63) is 174 Å². The molecule has 0 aliphatic carbocycles. The fourth-order valence-corrected chi connectivity index (χ4v) is 7.46. The summed E-state index contributed by atoms with van der Waals surface area (Å²) in [6, 6.07) is 55.6. The van der Waals surface area contributed by atoms with Crippen LogP contribution in [0.5, 0.6) is 0 Å². The second-order valence-electron chi connectivity index (χ2n) is 12.3. The van der Waals surface area contributed by atoms with Crippen LogP contribution >= 0.6 is 0 Å². The molecule has 0 amide bonds. The molecule has 5 heteroatoms. The third kappa shape index (κ3) is 4.31. The topological polar surface area (TPSA) is 61.8 Å². The first kappa shape index (κ1) is 28.8. The smallest absolute Gasteiger partial charge is 0.189 e. The summed E-state index contributed by atoms with van der Waals surface area (Å²) < 4.78 is 4.41. The third-order valence-corrected chi connectivity index (χ3v) is 9.62. The number of para-hydroxylation sites is 3. The zero-order chi connectivity index (χ0) is 33.8. The summed E-state index contributed by atoms with van der Waals surface area (Å²) in [6.45, 7) is 7.70. The van der Waals surface area contributed by atoms with E-state index < -0.39 is 0 Å². The Labute approximate surface area is 288 Å². The van der Waals surface area contributed by atoms with Gasteiger partial charge in [-0.05, 0) is 65.7 Å². The van der Waals surface area contributed by atoms with E-state index in [0.29, 0.717) is 16.8 Å². The van der Waals surface area contributed by atoms with E-state index in [4.69, 9.17) is 6.57 Å².